The van der Waals surface area contributed by atoms with Crippen LogP contribution in [0.2, 0.25) is 0 Å². The molecule has 2 amide bonds. The zero-order valence-corrected chi connectivity index (χ0v) is 11.9. The van der Waals surface area contributed by atoms with E-state index in [4.69, 9.17) is 16.2 Å². The van der Waals surface area contributed by atoms with Crippen LogP contribution in [-0.4, -0.2) is 41.4 Å². The summed E-state index contributed by atoms with van der Waals surface area (Å²) in [6.07, 6.45) is -2.02. The summed E-state index contributed by atoms with van der Waals surface area (Å²) in [6.45, 7) is 5.17. The lowest BCUT2D eigenvalue weighted by molar-refractivity contribution is -0.123. The number of rotatable bonds is 1. The fourth-order valence-corrected chi connectivity index (χ4v) is 1.88. The van der Waals surface area contributed by atoms with Crippen molar-refractivity contribution in [3.05, 3.63) is 0 Å². The number of carbonyl (C=O) groups is 3. The van der Waals surface area contributed by atoms with E-state index in [0.717, 1.165) is 0 Å². The van der Waals surface area contributed by atoms with Crippen molar-refractivity contribution in [2.24, 2.45) is 17.4 Å². The quantitative estimate of drug-likeness (QED) is 0.535. The van der Waals surface area contributed by atoms with Gasteiger partial charge in [0.05, 0.1) is 6.17 Å². The van der Waals surface area contributed by atoms with Gasteiger partial charge in [0.1, 0.15) is 5.60 Å². The Labute approximate surface area is 117 Å². The van der Waals surface area contributed by atoms with Crippen molar-refractivity contribution in [3.63, 3.8) is 0 Å². The van der Waals surface area contributed by atoms with Crippen LogP contribution in [0.25, 0.3) is 0 Å². The highest BCUT2D eigenvalue weighted by Gasteiger charge is 2.34. The van der Waals surface area contributed by atoms with Gasteiger partial charge in [0, 0.05) is 12.5 Å². The molecule has 2 atom stereocenters. The molecule has 114 valence electrons. The van der Waals surface area contributed by atoms with Gasteiger partial charge in [0.2, 0.25) is 5.91 Å². The number of carbonyl (C=O) groups excluding carboxylic acids is 3. The molecule has 0 saturated carbocycles. The minimum atomic E-state index is -1.08. The van der Waals surface area contributed by atoms with E-state index in [9.17, 15) is 14.4 Å². The van der Waals surface area contributed by atoms with Gasteiger partial charge in [0.25, 0.3) is 0 Å². The van der Waals surface area contributed by atoms with Gasteiger partial charge in [0.15, 0.2) is 0 Å². The Morgan fingerprint density at radius 2 is 1.85 bits per heavy atom. The summed E-state index contributed by atoms with van der Waals surface area (Å²) < 4.78 is 9.43. The van der Waals surface area contributed by atoms with E-state index >= 15 is 0 Å². The zero-order chi connectivity index (χ0) is 15.5. The molecule has 0 spiro atoms. The van der Waals surface area contributed by atoms with Crippen LogP contribution < -0.4 is 11.5 Å². The fraction of sp³-hybridized carbons (Fsp3) is 0.750. The lowest BCUT2D eigenvalue weighted by Gasteiger charge is -2.35. The Balaban J connectivity index is 2.53. The number of piperidine rings is 1. The highest BCUT2D eigenvalue weighted by molar-refractivity contribution is 5.81. The van der Waals surface area contributed by atoms with Crippen molar-refractivity contribution in [3.8, 4) is 0 Å². The smallest absolute Gasteiger partial charge is 0.428 e. The lowest BCUT2D eigenvalue weighted by Crippen LogP contribution is -2.53. The highest BCUT2D eigenvalue weighted by Crippen LogP contribution is 2.21. The lowest BCUT2D eigenvalue weighted by atomic mass is 9.94. The molecule has 0 aromatic carbocycles. The van der Waals surface area contributed by atoms with Crippen LogP contribution in [-0.2, 0) is 14.3 Å². The minimum absolute atomic E-state index is 0.205. The summed E-state index contributed by atoms with van der Waals surface area (Å²) in [5, 5.41) is 0. The first-order chi connectivity index (χ1) is 9.10. The SMILES string of the molecule is CC(C)(C)OC(=O)OC(=O)N1CCC(C(N)=O)CC1N. The Bertz CT molecular complexity index is 404. The summed E-state index contributed by atoms with van der Waals surface area (Å²) in [5.74, 6) is -0.809. The van der Waals surface area contributed by atoms with Gasteiger partial charge in [-0.15, -0.1) is 0 Å². The number of nitrogens with two attached hydrogens (primary N) is 2. The maximum absolute atomic E-state index is 11.8. The van der Waals surface area contributed by atoms with E-state index in [1.54, 1.807) is 20.8 Å². The van der Waals surface area contributed by atoms with Crippen LogP contribution in [0.5, 0.6) is 0 Å². The average Bonchev–Trinajstić information content (AvgIpc) is 2.25. The first-order valence-corrected chi connectivity index (χ1v) is 6.36. The first kappa shape index (κ1) is 16.2. The standard InChI is InChI=1S/C12H21N3O5/c1-12(2,3)20-11(18)19-10(17)15-5-4-7(9(14)16)6-8(15)13/h7-8H,4-6,13H2,1-3H3,(H2,14,16). The van der Waals surface area contributed by atoms with E-state index in [1.165, 1.54) is 4.90 Å². The van der Waals surface area contributed by atoms with Crippen molar-refractivity contribution in [2.75, 3.05) is 6.54 Å². The molecule has 1 fully saturated rings. The van der Waals surface area contributed by atoms with Crippen LogP contribution in [0, 0.1) is 5.92 Å². The third-order valence-corrected chi connectivity index (χ3v) is 2.84. The minimum Gasteiger partial charge on any atom is -0.428 e. The van der Waals surface area contributed by atoms with Crippen molar-refractivity contribution in [1.82, 2.24) is 4.90 Å². The molecule has 1 aliphatic heterocycles. The van der Waals surface area contributed by atoms with Gasteiger partial charge in [-0.05, 0) is 33.6 Å². The van der Waals surface area contributed by atoms with Gasteiger partial charge in [-0.2, -0.15) is 0 Å². The summed E-state index contributed by atoms with van der Waals surface area (Å²) in [7, 11) is 0. The Morgan fingerprint density at radius 1 is 1.25 bits per heavy atom. The molecule has 0 radical (unpaired) electrons. The second-order valence-corrected chi connectivity index (χ2v) is 5.72. The fourth-order valence-electron chi connectivity index (χ4n) is 1.88. The second-order valence-electron chi connectivity index (χ2n) is 5.72. The van der Waals surface area contributed by atoms with Crippen LogP contribution in [0.1, 0.15) is 33.6 Å². The van der Waals surface area contributed by atoms with Crippen molar-refractivity contribution in [1.29, 1.82) is 0 Å². The Morgan fingerprint density at radius 3 is 2.30 bits per heavy atom. The molecule has 2 unspecified atom stereocenters. The van der Waals surface area contributed by atoms with Crippen LogP contribution in [0.15, 0.2) is 0 Å². The number of hydrogen-bond acceptors (Lipinski definition) is 6. The summed E-state index contributed by atoms with van der Waals surface area (Å²) >= 11 is 0. The van der Waals surface area contributed by atoms with E-state index in [1.807, 2.05) is 0 Å². The predicted octanol–water partition coefficient (Wildman–Crippen LogP) is 0.540. The second kappa shape index (κ2) is 6.08. The average molecular weight is 287 g/mol. The van der Waals surface area contributed by atoms with Gasteiger partial charge < -0.3 is 20.9 Å². The third kappa shape index (κ3) is 4.69. The van der Waals surface area contributed by atoms with E-state index in [0.29, 0.717) is 6.42 Å². The molecule has 0 aliphatic carbocycles. The van der Waals surface area contributed by atoms with Crippen molar-refractivity contribution >= 4 is 18.2 Å². The van der Waals surface area contributed by atoms with Crippen LogP contribution in [0.3, 0.4) is 0 Å². The molecule has 20 heavy (non-hydrogen) atoms. The topological polar surface area (TPSA) is 125 Å². The first-order valence-electron chi connectivity index (χ1n) is 6.36. The molecule has 0 aromatic heterocycles. The van der Waals surface area contributed by atoms with Gasteiger partial charge in [-0.3, -0.25) is 9.69 Å². The summed E-state index contributed by atoms with van der Waals surface area (Å²) in [4.78, 5) is 35.4. The molecule has 1 heterocycles. The number of primary amides is 1. The van der Waals surface area contributed by atoms with Crippen LogP contribution in [0.4, 0.5) is 9.59 Å². The van der Waals surface area contributed by atoms with Gasteiger partial charge in [-0.1, -0.05) is 0 Å². The molecule has 0 aromatic rings. The summed E-state index contributed by atoms with van der Waals surface area (Å²) in [5.41, 5.74) is 10.2. The van der Waals surface area contributed by atoms with Crippen molar-refractivity contribution < 1.29 is 23.9 Å². The third-order valence-electron chi connectivity index (χ3n) is 2.84. The molecule has 8 heteroatoms. The number of nitrogens with zero attached hydrogens (tertiary/aromatic N) is 1. The molecule has 4 N–H and O–H groups in total. The van der Waals surface area contributed by atoms with E-state index in [-0.39, 0.29) is 18.9 Å². The molecular weight excluding hydrogens is 266 g/mol. The van der Waals surface area contributed by atoms with E-state index in [2.05, 4.69) is 4.74 Å². The summed E-state index contributed by atoms with van der Waals surface area (Å²) in [6, 6.07) is 0. The maximum Gasteiger partial charge on any atom is 0.517 e. The number of hydrogen-bond donors (Lipinski definition) is 2. The molecular formula is C12H21N3O5. The highest BCUT2D eigenvalue weighted by atomic mass is 16.8. The van der Waals surface area contributed by atoms with Crippen molar-refractivity contribution in [2.45, 2.75) is 45.4 Å². The number of ether oxygens (including phenoxy) is 2. The molecule has 8 nitrogen and oxygen atoms in total. The zero-order valence-electron chi connectivity index (χ0n) is 11.9. The predicted molar refractivity (Wildman–Crippen MR) is 69.3 cm³/mol. The number of amides is 2. The Hall–Kier alpha value is -1.83. The normalized spacial score (nSPS) is 23.1. The molecule has 0 bridgehead atoms. The number of likely N-dealkylation sites (tertiary alicyclic amines) is 1. The largest absolute Gasteiger partial charge is 0.517 e. The monoisotopic (exact) mass is 287 g/mol. The van der Waals surface area contributed by atoms with Gasteiger partial charge in [-0.25, -0.2) is 9.59 Å². The molecule has 1 aliphatic rings. The molecule has 1 rings (SSSR count). The maximum atomic E-state index is 11.8. The van der Waals surface area contributed by atoms with Gasteiger partial charge >= 0.3 is 12.2 Å². The Kier molecular flexibility index (Phi) is 4.93. The molecule has 1 saturated heterocycles. The van der Waals surface area contributed by atoms with Crippen LogP contribution >= 0.6 is 0 Å². The van der Waals surface area contributed by atoms with E-state index < -0.39 is 29.9 Å².